The van der Waals surface area contributed by atoms with Crippen molar-refractivity contribution in [1.29, 1.82) is 0 Å². The number of aromatic amines is 1. The minimum Gasteiger partial charge on any atom is -0.483 e. The third kappa shape index (κ3) is 3.68. The Balaban J connectivity index is 1.42. The van der Waals surface area contributed by atoms with Gasteiger partial charge in [-0.1, -0.05) is 30.3 Å². The summed E-state index contributed by atoms with van der Waals surface area (Å²) in [5, 5.41) is 0. The molecule has 2 heterocycles. The molecule has 1 atom stereocenters. The quantitative estimate of drug-likeness (QED) is 0.763. The number of piperidine rings is 1. The second-order valence-corrected chi connectivity index (χ2v) is 7.33. The highest BCUT2D eigenvalue weighted by molar-refractivity contribution is 5.78. The Hall–Kier alpha value is -2.82. The Kier molecular flexibility index (Phi) is 4.84. The summed E-state index contributed by atoms with van der Waals surface area (Å²) in [7, 11) is 0. The van der Waals surface area contributed by atoms with E-state index in [1.54, 1.807) is 0 Å². The fourth-order valence-corrected chi connectivity index (χ4v) is 3.84. The SMILES string of the molecule is Cc1cccc(C)c1OCC(=O)N1CCC[C@@H](c2nc3ccccc3[nH]2)C1. The van der Waals surface area contributed by atoms with E-state index in [1.165, 1.54) is 0 Å². The average molecular weight is 363 g/mol. The molecule has 1 amide bonds. The van der Waals surface area contributed by atoms with E-state index in [9.17, 15) is 4.79 Å². The van der Waals surface area contributed by atoms with Crippen LogP contribution in [-0.2, 0) is 4.79 Å². The molecule has 0 bridgehead atoms. The van der Waals surface area contributed by atoms with Crippen LogP contribution in [0.1, 0.15) is 35.7 Å². The van der Waals surface area contributed by atoms with Crippen LogP contribution >= 0.6 is 0 Å². The number of nitrogens with zero attached hydrogens (tertiary/aromatic N) is 2. The Bertz CT molecular complexity index is 910. The Morgan fingerprint density at radius 2 is 1.96 bits per heavy atom. The molecular formula is C22H25N3O2. The van der Waals surface area contributed by atoms with E-state index in [0.29, 0.717) is 6.54 Å². The summed E-state index contributed by atoms with van der Waals surface area (Å²) in [5.74, 6) is 2.08. The molecule has 0 spiro atoms. The highest BCUT2D eigenvalue weighted by Crippen LogP contribution is 2.27. The van der Waals surface area contributed by atoms with Crippen LogP contribution in [0.2, 0.25) is 0 Å². The third-order valence-corrected chi connectivity index (χ3v) is 5.32. The van der Waals surface area contributed by atoms with Crippen LogP contribution in [0.5, 0.6) is 5.75 Å². The zero-order chi connectivity index (χ0) is 18.8. The summed E-state index contributed by atoms with van der Waals surface area (Å²) >= 11 is 0. The lowest BCUT2D eigenvalue weighted by Gasteiger charge is -2.32. The van der Waals surface area contributed by atoms with Gasteiger partial charge in [-0.15, -0.1) is 0 Å². The Labute approximate surface area is 159 Å². The number of hydrogen-bond donors (Lipinski definition) is 1. The number of nitrogens with one attached hydrogen (secondary N) is 1. The number of para-hydroxylation sites is 3. The molecule has 0 unspecified atom stereocenters. The molecule has 5 nitrogen and oxygen atoms in total. The predicted molar refractivity (Wildman–Crippen MR) is 106 cm³/mol. The lowest BCUT2D eigenvalue weighted by atomic mass is 9.97. The number of benzene rings is 2. The summed E-state index contributed by atoms with van der Waals surface area (Å²) in [6, 6.07) is 14.1. The second kappa shape index (κ2) is 7.43. The van der Waals surface area contributed by atoms with Gasteiger partial charge < -0.3 is 14.6 Å². The molecule has 0 aliphatic carbocycles. The van der Waals surface area contributed by atoms with Crippen molar-refractivity contribution in [2.24, 2.45) is 0 Å². The monoisotopic (exact) mass is 363 g/mol. The van der Waals surface area contributed by atoms with Crippen molar-refractivity contribution in [3.8, 4) is 5.75 Å². The van der Waals surface area contributed by atoms with Gasteiger partial charge in [0.05, 0.1) is 11.0 Å². The zero-order valence-electron chi connectivity index (χ0n) is 15.9. The van der Waals surface area contributed by atoms with Crippen molar-refractivity contribution >= 4 is 16.9 Å². The molecule has 1 aromatic heterocycles. The van der Waals surface area contributed by atoms with Crippen molar-refractivity contribution in [2.45, 2.75) is 32.6 Å². The molecule has 1 saturated heterocycles. The summed E-state index contributed by atoms with van der Waals surface area (Å²) in [5.41, 5.74) is 4.15. The maximum Gasteiger partial charge on any atom is 0.260 e. The molecule has 1 N–H and O–H groups in total. The second-order valence-electron chi connectivity index (χ2n) is 7.33. The van der Waals surface area contributed by atoms with Crippen molar-refractivity contribution in [1.82, 2.24) is 14.9 Å². The fourth-order valence-electron chi connectivity index (χ4n) is 3.84. The molecule has 27 heavy (non-hydrogen) atoms. The number of H-pyrrole nitrogens is 1. The number of imidazole rings is 1. The van der Waals surface area contributed by atoms with Crippen molar-refractivity contribution in [3.63, 3.8) is 0 Å². The van der Waals surface area contributed by atoms with Crippen molar-refractivity contribution in [3.05, 3.63) is 59.4 Å². The minimum atomic E-state index is 0.0402. The van der Waals surface area contributed by atoms with Gasteiger partial charge in [0, 0.05) is 19.0 Å². The van der Waals surface area contributed by atoms with E-state index < -0.39 is 0 Å². The van der Waals surface area contributed by atoms with E-state index >= 15 is 0 Å². The Morgan fingerprint density at radius 1 is 1.19 bits per heavy atom. The summed E-state index contributed by atoms with van der Waals surface area (Å²) < 4.78 is 5.86. The lowest BCUT2D eigenvalue weighted by Crippen LogP contribution is -2.41. The van der Waals surface area contributed by atoms with Gasteiger partial charge >= 0.3 is 0 Å². The number of ether oxygens (including phenoxy) is 1. The van der Waals surface area contributed by atoms with E-state index in [2.05, 4.69) is 4.98 Å². The van der Waals surface area contributed by atoms with Gasteiger partial charge in [0.1, 0.15) is 11.6 Å². The van der Waals surface area contributed by atoms with E-state index in [4.69, 9.17) is 9.72 Å². The first-order chi connectivity index (χ1) is 13.1. The molecule has 1 aliphatic rings. The molecule has 1 fully saturated rings. The predicted octanol–water partition coefficient (Wildman–Crippen LogP) is 3.96. The van der Waals surface area contributed by atoms with Crippen LogP contribution in [0.3, 0.4) is 0 Å². The van der Waals surface area contributed by atoms with Gasteiger partial charge in [-0.25, -0.2) is 4.98 Å². The third-order valence-electron chi connectivity index (χ3n) is 5.32. The first-order valence-corrected chi connectivity index (χ1v) is 9.53. The van der Waals surface area contributed by atoms with Gasteiger partial charge in [-0.3, -0.25) is 4.79 Å². The molecule has 3 aromatic rings. The fraction of sp³-hybridized carbons (Fsp3) is 0.364. The molecular weight excluding hydrogens is 338 g/mol. The van der Waals surface area contributed by atoms with Gasteiger partial charge in [-0.2, -0.15) is 0 Å². The van der Waals surface area contributed by atoms with Crippen molar-refractivity contribution < 1.29 is 9.53 Å². The molecule has 4 rings (SSSR count). The van der Waals surface area contributed by atoms with Crippen LogP contribution in [0.25, 0.3) is 11.0 Å². The number of carbonyl (C=O) groups excluding carboxylic acids is 1. The number of hydrogen-bond acceptors (Lipinski definition) is 3. The van der Waals surface area contributed by atoms with Gasteiger partial charge in [0.2, 0.25) is 0 Å². The van der Waals surface area contributed by atoms with Gasteiger partial charge in [0.15, 0.2) is 6.61 Å². The standard InChI is InChI=1S/C22H25N3O2/c1-15-7-5-8-16(2)21(15)27-14-20(26)25-12-6-9-17(13-25)22-23-18-10-3-4-11-19(18)24-22/h3-5,7-8,10-11,17H,6,9,12-14H2,1-2H3,(H,23,24)/t17-/m1/s1. The van der Waals surface area contributed by atoms with E-state index in [0.717, 1.165) is 53.1 Å². The van der Waals surface area contributed by atoms with Crippen LogP contribution < -0.4 is 4.74 Å². The van der Waals surface area contributed by atoms with Crippen LogP contribution in [0.4, 0.5) is 0 Å². The maximum absolute atomic E-state index is 12.7. The zero-order valence-corrected chi connectivity index (χ0v) is 15.9. The smallest absolute Gasteiger partial charge is 0.260 e. The molecule has 140 valence electrons. The summed E-state index contributed by atoms with van der Waals surface area (Å²) in [4.78, 5) is 22.8. The largest absolute Gasteiger partial charge is 0.483 e. The number of rotatable bonds is 4. The number of aryl methyl sites for hydroxylation is 2. The highest BCUT2D eigenvalue weighted by atomic mass is 16.5. The highest BCUT2D eigenvalue weighted by Gasteiger charge is 2.27. The van der Waals surface area contributed by atoms with E-state index in [1.807, 2.05) is 61.2 Å². The normalized spacial score (nSPS) is 17.3. The van der Waals surface area contributed by atoms with Crippen molar-refractivity contribution in [2.75, 3.05) is 19.7 Å². The van der Waals surface area contributed by atoms with Crippen LogP contribution in [-0.4, -0.2) is 40.5 Å². The average Bonchev–Trinajstić information content (AvgIpc) is 3.12. The molecule has 1 aliphatic heterocycles. The van der Waals surface area contributed by atoms with Crippen LogP contribution in [0, 0.1) is 13.8 Å². The first-order valence-electron chi connectivity index (χ1n) is 9.53. The molecule has 0 saturated carbocycles. The Morgan fingerprint density at radius 3 is 2.74 bits per heavy atom. The number of aromatic nitrogens is 2. The van der Waals surface area contributed by atoms with Gasteiger partial charge in [-0.05, 0) is 49.9 Å². The van der Waals surface area contributed by atoms with Crippen LogP contribution in [0.15, 0.2) is 42.5 Å². The summed E-state index contributed by atoms with van der Waals surface area (Å²) in [6.45, 7) is 5.57. The maximum atomic E-state index is 12.7. The molecule has 0 radical (unpaired) electrons. The number of amides is 1. The summed E-state index contributed by atoms with van der Waals surface area (Å²) in [6.07, 6.45) is 2.03. The number of carbonyl (C=O) groups is 1. The molecule has 2 aromatic carbocycles. The van der Waals surface area contributed by atoms with E-state index in [-0.39, 0.29) is 18.4 Å². The molecule has 5 heteroatoms. The minimum absolute atomic E-state index is 0.0402. The number of fused-ring (bicyclic) bond motifs is 1. The lowest BCUT2D eigenvalue weighted by molar-refractivity contribution is -0.134. The number of likely N-dealkylation sites (tertiary alicyclic amines) is 1. The first kappa shape index (κ1) is 17.6. The van der Waals surface area contributed by atoms with Gasteiger partial charge in [0.25, 0.3) is 5.91 Å². The topological polar surface area (TPSA) is 58.2 Å².